The number of benzene rings is 1. The maximum Gasteiger partial charge on any atom is 0.182 e. The first kappa shape index (κ1) is 10.7. The van der Waals surface area contributed by atoms with Gasteiger partial charge in [-0.3, -0.25) is 0 Å². The first-order valence-corrected chi connectivity index (χ1v) is 5.48. The lowest BCUT2D eigenvalue weighted by Gasteiger charge is -2.04. The lowest BCUT2D eigenvalue weighted by atomic mass is 10.1. The van der Waals surface area contributed by atoms with Crippen molar-refractivity contribution in [1.82, 2.24) is 15.2 Å². The molecule has 0 aliphatic heterocycles. The van der Waals surface area contributed by atoms with Crippen molar-refractivity contribution in [1.29, 1.82) is 0 Å². The molecule has 0 saturated heterocycles. The van der Waals surface area contributed by atoms with Gasteiger partial charge < -0.3 is 0 Å². The largest absolute Gasteiger partial charge is 0.230 e. The summed E-state index contributed by atoms with van der Waals surface area (Å²) in [6.45, 7) is 6.09. The highest BCUT2D eigenvalue weighted by Gasteiger charge is 2.05. The van der Waals surface area contributed by atoms with Crippen molar-refractivity contribution in [2.24, 2.45) is 0 Å². The molecule has 1 aromatic heterocycles. The third kappa shape index (κ3) is 2.08. The van der Waals surface area contributed by atoms with Gasteiger partial charge in [-0.15, -0.1) is 5.10 Å². The second kappa shape index (κ2) is 4.39. The summed E-state index contributed by atoms with van der Waals surface area (Å²) in [5.74, 6) is 0.711. The average molecular weight is 213 g/mol. The Morgan fingerprint density at radius 1 is 1.00 bits per heavy atom. The molecule has 0 fully saturated rings. The highest BCUT2D eigenvalue weighted by atomic mass is 15.2. The molecule has 0 atom stereocenters. The summed E-state index contributed by atoms with van der Waals surface area (Å²) in [5.41, 5.74) is 4.19. The number of rotatable bonds is 2. The van der Waals surface area contributed by atoms with E-state index in [1.54, 1.807) is 0 Å². The SMILES string of the molecule is CCc1nc(-c2ccc(C)cc2)nnc1C. The fourth-order valence-corrected chi connectivity index (χ4v) is 1.57. The van der Waals surface area contributed by atoms with Crippen LogP contribution in [0.1, 0.15) is 23.9 Å². The zero-order valence-corrected chi connectivity index (χ0v) is 9.86. The molecule has 82 valence electrons. The summed E-state index contributed by atoms with van der Waals surface area (Å²) >= 11 is 0. The third-order valence-electron chi connectivity index (χ3n) is 2.60. The smallest absolute Gasteiger partial charge is 0.182 e. The molecular weight excluding hydrogens is 198 g/mol. The van der Waals surface area contributed by atoms with Crippen LogP contribution in [0.3, 0.4) is 0 Å². The average Bonchev–Trinajstić information content (AvgIpc) is 2.31. The summed E-state index contributed by atoms with van der Waals surface area (Å²) in [5, 5.41) is 8.26. The second-order valence-corrected chi connectivity index (χ2v) is 3.89. The van der Waals surface area contributed by atoms with Crippen molar-refractivity contribution in [3.05, 3.63) is 41.2 Å². The topological polar surface area (TPSA) is 38.7 Å². The Kier molecular flexibility index (Phi) is 2.95. The Balaban J connectivity index is 2.44. The van der Waals surface area contributed by atoms with Crippen LogP contribution in [0.2, 0.25) is 0 Å². The van der Waals surface area contributed by atoms with Gasteiger partial charge in [-0.2, -0.15) is 5.10 Å². The van der Waals surface area contributed by atoms with Crippen LogP contribution in [0, 0.1) is 13.8 Å². The Labute approximate surface area is 95.6 Å². The minimum Gasteiger partial charge on any atom is -0.230 e. The van der Waals surface area contributed by atoms with Crippen molar-refractivity contribution < 1.29 is 0 Å². The van der Waals surface area contributed by atoms with Crippen LogP contribution in [-0.4, -0.2) is 15.2 Å². The van der Waals surface area contributed by atoms with Gasteiger partial charge in [0.2, 0.25) is 0 Å². The van der Waals surface area contributed by atoms with E-state index in [1.807, 2.05) is 19.1 Å². The predicted octanol–water partition coefficient (Wildman–Crippen LogP) is 2.72. The third-order valence-corrected chi connectivity index (χ3v) is 2.60. The van der Waals surface area contributed by atoms with Crippen LogP contribution in [0.15, 0.2) is 24.3 Å². The molecule has 0 unspecified atom stereocenters. The molecule has 0 aliphatic carbocycles. The molecule has 0 radical (unpaired) electrons. The van der Waals surface area contributed by atoms with Gasteiger partial charge in [0.25, 0.3) is 0 Å². The van der Waals surface area contributed by atoms with Crippen LogP contribution in [-0.2, 0) is 6.42 Å². The van der Waals surface area contributed by atoms with E-state index in [0.717, 1.165) is 23.4 Å². The molecule has 0 bridgehead atoms. The second-order valence-electron chi connectivity index (χ2n) is 3.89. The standard InChI is InChI=1S/C13H15N3/c1-4-12-10(3)15-16-13(14-12)11-7-5-9(2)6-8-11/h5-8H,4H2,1-3H3. The fraction of sp³-hybridized carbons (Fsp3) is 0.308. The molecule has 3 heteroatoms. The van der Waals surface area contributed by atoms with Crippen LogP contribution >= 0.6 is 0 Å². The molecule has 0 amide bonds. The van der Waals surface area contributed by atoms with E-state index in [0.29, 0.717) is 5.82 Å². The summed E-state index contributed by atoms with van der Waals surface area (Å²) < 4.78 is 0. The van der Waals surface area contributed by atoms with Crippen molar-refractivity contribution in [2.75, 3.05) is 0 Å². The lowest BCUT2D eigenvalue weighted by molar-refractivity contribution is 0.868. The molecule has 0 N–H and O–H groups in total. The van der Waals surface area contributed by atoms with Crippen molar-refractivity contribution in [3.63, 3.8) is 0 Å². The number of hydrogen-bond acceptors (Lipinski definition) is 3. The van der Waals surface area contributed by atoms with E-state index in [9.17, 15) is 0 Å². The zero-order valence-electron chi connectivity index (χ0n) is 9.86. The van der Waals surface area contributed by atoms with Gasteiger partial charge in [0.05, 0.1) is 11.4 Å². The molecule has 2 aromatic rings. The monoisotopic (exact) mass is 213 g/mol. The number of aryl methyl sites for hydroxylation is 3. The molecule has 1 heterocycles. The van der Waals surface area contributed by atoms with E-state index in [1.165, 1.54) is 5.56 Å². The van der Waals surface area contributed by atoms with E-state index < -0.39 is 0 Å². The maximum absolute atomic E-state index is 4.52. The Morgan fingerprint density at radius 3 is 2.31 bits per heavy atom. The molecule has 0 aliphatic rings. The summed E-state index contributed by atoms with van der Waals surface area (Å²) in [4.78, 5) is 4.52. The normalized spacial score (nSPS) is 10.4. The summed E-state index contributed by atoms with van der Waals surface area (Å²) in [6, 6.07) is 8.18. The summed E-state index contributed by atoms with van der Waals surface area (Å²) in [6.07, 6.45) is 0.889. The molecule has 2 rings (SSSR count). The minimum atomic E-state index is 0.711. The van der Waals surface area contributed by atoms with Crippen molar-refractivity contribution in [3.8, 4) is 11.4 Å². The van der Waals surface area contributed by atoms with Gasteiger partial charge in [0, 0.05) is 5.56 Å². The Morgan fingerprint density at radius 2 is 1.69 bits per heavy atom. The van der Waals surface area contributed by atoms with Gasteiger partial charge in [-0.05, 0) is 20.3 Å². The van der Waals surface area contributed by atoms with Crippen LogP contribution in [0.5, 0.6) is 0 Å². The highest BCUT2D eigenvalue weighted by molar-refractivity contribution is 5.54. The number of nitrogens with zero attached hydrogens (tertiary/aromatic N) is 3. The molecule has 1 aromatic carbocycles. The maximum atomic E-state index is 4.52. The number of hydrogen-bond donors (Lipinski definition) is 0. The van der Waals surface area contributed by atoms with E-state index in [2.05, 4.69) is 41.2 Å². The first-order chi connectivity index (χ1) is 7.70. The van der Waals surface area contributed by atoms with Gasteiger partial charge in [0.15, 0.2) is 5.82 Å². The molecule has 0 spiro atoms. The van der Waals surface area contributed by atoms with Gasteiger partial charge in [-0.25, -0.2) is 4.98 Å². The Hall–Kier alpha value is -1.77. The lowest BCUT2D eigenvalue weighted by Crippen LogP contribution is -2.01. The minimum absolute atomic E-state index is 0.711. The fourth-order valence-electron chi connectivity index (χ4n) is 1.57. The van der Waals surface area contributed by atoms with Crippen LogP contribution in [0.25, 0.3) is 11.4 Å². The predicted molar refractivity (Wildman–Crippen MR) is 64.1 cm³/mol. The van der Waals surface area contributed by atoms with Gasteiger partial charge in [0.1, 0.15) is 0 Å². The zero-order chi connectivity index (χ0) is 11.5. The van der Waals surface area contributed by atoms with Gasteiger partial charge in [-0.1, -0.05) is 36.8 Å². The number of aromatic nitrogens is 3. The molecule has 16 heavy (non-hydrogen) atoms. The molecule has 0 saturated carbocycles. The van der Waals surface area contributed by atoms with E-state index in [4.69, 9.17) is 0 Å². The van der Waals surface area contributed by atoms with E-state index >= 15 is 0 Å². The van der Waals surface area contributed by atoms with Crippen LogP contribution < -0.4 is 0 Å². The summed E-state index contributed by atoms with van der Waals surface area (Å²) in [7, 11) is 0. The van der Waals surface area contributed by atoms with Crippen molar-refractivity contribution in [2.45, 2.75) is 27.2 Å². The van der Waals surface area contributed by atoms with Gasteiger partial charge >= 0.3 is 0 Å². The van der Waals surface area contributed by atoms with Crippen LogP contribution in [0.4, 0.5) is 0 Å². The molecular formula is C13H15N3. The molecule has 3 nitrogen and oxygen atoms in total. The highest BCUT2D eigenvalue weighted by Crippen LogP contribution is 2.15. The Bertz CT molecular complexity index is 489. The van der Waals surface area contributed by atoms with E-state index in [-0.39, 0.29) is 0 Å². The first-order valence-electron chi connectivity index (χ1n) is 5.48. The quantitative estimate of drug-likeness (QED) is 0.770. The van der Waals surface area contributed by atoms with Crippen molar-refractivity contribution >= 4 is 0 Å².